The summed E-state index contributed by atoms with van der Waals surface area (Å²) in [4.78, 5) is 15.5. The van der Waals surface area contributed by atoms with Crippen molar-refractivity contribution in [3.63, 3.8) is 0 Å². The van der Waals surface area contributed by atoms with Gasteiger partial charge < -0.3 is 10.2 Å². The molecule has 8 heteroatoms. The minimum Gasteiger partial charge on any atom is -0.363 e. The molecule has 4 aromatic rings. The predicted molar refractivity (Wildman–Crippen MR) is 136 cm³/mol. The Bertz CT molecular complexity index is 1310. The Hall–Kier alpha value is -4.07. The molecule has 0 unspecified atom stereocenters. The Balaban J connectivity index is 1.51. The van der Waals surface area contributed by atoms with Crippen LogP contribution in [0.15, 0.2) is 91.1 Å². The fourth-order valence-corrected chi connectivity index (χ4v) is 4.71. The van der Waals surface area contributed by atoms with Crippen molar-refractivity contribution in [3.8, 4) is 0 Å². The third-order valence-electron chi connectivity index (χ3n) is 6.67. The van der Waals surface area contributed by atoms with Crippen LogP contribution in [0.2, 0.25) is 0 Å². The Kier molecular flexibility index (Phi) is 6.74. The van der Waals surface area contributed by atoms with E-state index < -0.39 is 18.3 Å². The average Bonchev–Trinajstić information content (AvgIpc) is 3.32. The van der Waals surface area contributed by atoms with Crippen molar-refractivity contribution in [2.24, 2.45) is 0 Å². The van der Waals surface area contributed by atoms with Gasteiger partial charge in [0.1, 0.15) is 11.4 Å². The Labute approximate surface area is 213 Å². The first-order chi connectivity index (χ1) is 17.8. The van der Waals surface area contributed by atoms with E-state index >= 15 is 0 Å². The second kappa shape index (κ2) is 10.1. The standard InChI is InChI=1S/C29H27F3N4O/c1-20-12-14-23(15-13-20)25-16-26(29(30,31)32)36-27(34-25)24(17-33-36)28(37)35(18-21-8-4-2-5-9-21)19-22-10-6-3-7-11-22/h2-15,17,25-26,34H,16,18-19H2,1H3/t25-,26-/m1/s1. The Morgan fingerprint density at radius 1 is 0.946 bits per heavy atom. The number of anilines is 1. The Morgan fingerprint density at radius 2 is 1.51 bits per heavy atom. The zero-order chi connectivity index (χ0) is 26.0. The first kappa shape index (κ1) is 24.6. The highest BCUT2D eigenvalue weighted by Crippen LogP contribution is 2.44. The smallest absolute Gasteiger partial charge is 0.363 e. The summed E-state index contributed by atoms with van der Waals surface area (Å²) in [6.07, 6.45) is -3.48. The molecular formula is C29H27F3N4O. The number of rotatable bonds is 6. The van der Waals surface area contributed by atoms with Crippen molar-refractivity contribution < 1.29 is 18.0 Å². The third-order valence-corrected chi connectivity index (χ3v) is 6.67. The fourth-order valence-electron chi connectivity index (χ4n) is 4.71. The first-order valence-electron chi connectivity index (χ1n) is 12.1. The number of hydrogen-bond donors (Lipinski definition) is 1. The van der Waals surface area contributed by atoms with Crippen molar-refractivity contribution in [3.05, 3.63) is 119 Å². The first-order valence-corrected chi connectivity index (χ1v) is 12.1. The van der Waals surface area contributed by atoms with E-state index in [0.717, 1.165) is 26.9 Å². The fraction of sp³-hybridized carbons (Fsp3) is 0.241. The minimum absolute atomic E-state index is 0.0928. The van der Waals surface area contributed by atoms with Gasteiger partial charge >= 0.3 is 6.18 Å². The molecule has 5 rings (SSSR count). The van der Waals surface area contributed by atoms with Crippen molar-refractivity contribution in [2.45, 2.75) is 44.7 Å². The SMILES string of the molecule is Cc1ccc([C@H]2C[C@H](C(F)(F)F)n3ncc(C(=O)N(Cc4ccccc4)Cc4ccccc4)c3N2)cc1. The van der Waals surface area contributed by atoms with Crippen LogP contribution in [0.25, 0.3) is 0 Å². The van der Waals surface area contributed by atoms with Crippen LogP contribution < -0.4 is 5.32 Å². The predicted octanol–water partition coefficient (Wildman–Crippen LogP) is 6.69. The molecule has 2 atom stereocenters. The van der Waals surface area contributed by atoms with Crippen LogP contribution in [0.1, 0.15) is 51.1 Å². The number of aromatic nitrogens is 2. The lowest BCUT2D eigenvalue weighted by atomic mass is 9.96. The van der Waals surface area contributed by atoms with Crippen molar-refractivity contribution in [1.82, 2.24) is 14.7 Å². The van der Waals surface area contributed by atoms with E-state index in [0.29, 0.717) is 13.1 Å². The van der Waals surface area contributed by atoms with Gasteiger partial charge in [-0.25, -0.2) is 4.68 Å². The number of nitrogens with zero attached hydrogens (tertiary/aromatic N) is 3. The summed E-state index contributed by atoms with van der Waals surface area (Å²) in [5.74, 6) is -0.290. The van der Waals surface area contributed by atoms with E-state index in [2.05, 4.69) is 10.4 Å². The van der Waals surface area contributed by atoms with E-state index in [1.165, 1.54) is 6.20 Å². The summed E-state index contributed by atoms with van der Waals surface area (Å²) in [6.45, 7) is 2.54. The second-order valence-electron chi connectivity index (χ2n) is 9.38. The van der Waals surface area contributed by atoms with Gasteiger partial charge in [0, 0.05) is 19.5 Å². The lowest BCUT2D eigenvalue weighted by Crippen LogP contribution is -2.37. The van der Waals surface area contributed by atoms with Crippen LogP contribution in [0.5, 0.6) is 0 Å². The minimum atomic E-state index is -4.51. The largest absolute Gasteiger partial charge is 0.410 e. The van der Waals surface area contributed by atoms with Gasteiger partial charge in [0.2, 0.25) is 0 Å². The van der Waals surface area contributed by atoms with E-state index in [1.54, 1.807) is 4.90 Å². The van der Waals surface area contributed by atoms with Gasteiger partial charge in [0.05, 0.1) is 12.2 Å². The van der Waals surface area contributed by atoms with Gasteiger partial charge in [-0.2, -0.15) is 18.3 Å². The molecule has 0 fully saturated rings. The van der Waals surface area contributed by atoms with Crippen LogP contribution in [0.3, 0.4) is 0 Å². The van der Waals surface area contributed by atoms with E-state index in [-0.39, 0.29) is 23.7 Å². The molecule has 3 aromatic carbocycles. The van der Waals surface area contributed by atoms with Crippen LogP contribution in [0, 0.1) is 6.92 Å². The number of carbonyl (C=O) groups excluding carboxylic acids is 1. The summed E-state index contributed by atoms with van der Waals surface area (Å²) in [5.41, 5.74) is 3.72. The Morgan fingerprint density at radius 3 is 2.05 bits per heavy atom. The number of halogens is 3. The topological polar surface area (TPSA) is 50.2 Å². The highest BCUT2D eigenvalue weighted by molar-refractivity contribution is 5.99. The number of aryl methyl sites for hydroxylation is 1. The third kappa shape index (κ3) is 5.38. The van der Waals surface area contributed by atoms with E-state index in [4.69, 9.17) is 0 Å². The van der Waals surface area contributed by atoms with Gasteiger partial charge in [-0.1, -0.05) is 90.5 Å². The molecule has 0 radical (unpaired) electrons. The number of carbonyl (C=O) groups is 1. The van der Waals surface area contributed by atoms with Crippen molar-refractivity contribution in [2.75, 3.05) is 5.32 Å². The molecule has 1 aliphatic heterocycles. The molecule has 1 aromatic heterocycles. The van der Waals surface area contributed by atoms with Crippen molar-refractivity contribution >= 4 is 11.7 Å². The summed E-state index contributed by atoms with van der Waals surface area (Å²) in [6, 6.07) is 24.0. The molecule has 2 heterocycles. The van der Waals surface area contributed by atoms with E-state index in [9.17, 15) is 18.0 Å². The average molecular weight is 505 g/mol. The van der Waals surface area contributed by atoms with Gasteiger partial charge in [-0.05, 0) is 23.6 Å². The maximum atomic E-state index is 14.1. The summed E-state index contributed by atoms with van der Waals surface area (Å²) in [7, 11) is 0. The van der Waals surface area contributed by atoms with Crippen LogP contribution in [-0.2, 0) is 13.1 Å². The molecule has 0 spiro atoms. The summed E-state index contributed by atoms with van der Waals surface area (Å²) >= 11 is 0. The number of hydrogen-bond acceptors (Lipinski definition) is 3. The molecule has 5 nitrogen and oxygen atoms in total. The second-order valence-corrected chi connectivity index (χ2v) is 9.38. The van der Waals surface area contributed by atoms with E-state index in [1.807, 2.05) is 91.9 Å². The molecule has 0 saturated heterocycles. The van der Waals surface area contributed by atoms with Gasteiger partial charge in [-0.3, -0.25) is 4.79 Å². The molecule has 190 valence electrons. The molecule has 0 bridgehead atoms. The number of amides is 1. The summed E-state index contributed by atoms with van der Waals surface area (Å²) < 4.78 is 43.3. The lowest BCUT2D eigenvalue weighted by molar-refractivity contribution is -0.173. The normalized spacial score (nSPS) is 17.1. The van der Waals surface area contributed by atoms with Gasteiger partial charge in [0.15, 0.2) is 6.04 Å². The van der Waals surface area contributed by atoms with Gasteiger partial charge in [0.25, 0.3) is 5.91 Å². The van der Waals surface area contributed by atoms with Crippen LogP contribution in [-0.4, -0.2) is 26.8 Å². The number of fused-ring (bicyclic) bond motifs is 1. The maximum Gasteiger partial charge on any atom is 0.410 e. The molecule has 1 N–H and O–H groups in total. The molecule has 37 heavy (non-hydrogen) atoms. The lowest BCUT2D eigenvalue weighted by Gasteiger charge is -2.34. The molecular weight excluding hydrogens is 477 g/mol. The molecule has 0 aliphatic carbocycles. The summed E-state index contributed by atoms with van der Waals surface area (Å²) in [5, 5.41) is 7.25. The quantitative estimate of drug-likeness (QED) is 0.318. The highest BCUT2D eigenvalue weighted by atomic mass is 19.4. The van der Waals surface area contributed by atoms with Crippen molar-refractivity contribution in [1.29, 1.82) is 0 Å². The molecule has 1 amide bonds. The molecule has 1 aliphatic rings. The maximum absolute atomic E-state index is 14.1. The number of benzene rings is 3. The van der Waals surface area contributed by atoms with Gasteiger partial charge in [-0.15, -0.1) is 0 Å². The number of alkyl halides is 3. The highest BCUT2D eigenvalue weighted by Gasteiger charge is 2.47. The zero-order valence-electron chi connectivity index (χ0n) is 20.3. The molecule has 0 saturated carbocycles. The van der Waals surface area contributed by atoms with Crippen LogP contribution >= 0.6 is 0 Å². The zero-order valence-corrected chi connectivity index (χ0v) is 20.3. The van der Waals surface area contributed by atoms with Crippen LogP contribution in [0.4, 0.5) is 19.0 Å². The number of nitrogens with one attached hydrogen (secondary N) is 1. The monoisotopic (exact) mass is 504 g/mol.